The number of benzene rings is 1. The molecule has 4 nitrogen and oxygen atoms in total. The van der Waals surface area contributed by atoms with Crippen LogP contribution in [-0.4, -0.2) is 18.0 Å². The summed E-state index contributed by atoms with van der Waals surface area (Å²) in [5, 5.41) is 2.65. The molecule has 1 amide bonds. The van der Waals surface area contributed by atoms with Crippen LogP contribution in [0.3, 0.4) is 0 Å². The highest BCUT2D eigenvalue weighted by Gasteiger charge is 2.09. The van der Waals surface area contributed by atoms with Gasteiger partial charge in [0.15, 0.2) is 0 Å². The standard InChI is InChI=1S/C14H13FN2O2/c1-9-3-5-11(15)7-12(9)17-14(18)10-4-6-13(19-2)16-8-10/h3-8H,1-2H3,(H,17,18). The van der Waals surface area contributed by atoms with E-state index in [-0.39, 0.29) is 5.91 Å². The van der Waals surface area contributed by atoms with Crippen LogP contribution in [0.4, 0.5) is 10.1 Å². The van der Waals surface area contributed by atoms with E-state index in [1.54, 1.807) is 25.1 Å². The Labute approximate surface area is 110 Å². The molecule has 1 heterocycles. The summed E-state index contributed by atoms with van der Waals surface area (Å²) < 4.78 is 18.0. The first-order valence-corrected chi connectivity index (χ1v) is 5.67. The number of rotatable bonds is 3. The lowest BCUT2D eigenvalue weighted by Gasteiger charge is -2.08. The molecule has 0 aliphatic carbocycles. The monoisotopic (exact) mass is 260 g/mol. The minimum Gasteiger partial charge on any atom is -0.481 e. The second-order valence-corrected chi connectivity index (χ2v) is 4.00. The van der Waals surface area contributed by atoms with Crippen molar-refractivity contribution in [3.63, 3.8) is 0 Å². The van der Waals surface area contributed by atoms with Gasteiger partial charge in [-0.05, 0) is 30.7 Å². The van der Waals surface area contributed by atoms with E-state index in [0.29, 0.717) is 17.1 Å². The van der Waals surface area contributed by atoms with Crippen molar-refractivity contribution in [2.75, 3.05) is 12.4 Å². The van der Waals surface area contributed by atoms with Gasteiger partial charge in [0.1, 0.15) is 5.82 Å². The third-order valence-electron chi connectivity index (χ3n) is 2.66. The fourth-order valence-corrected chi connectivity index (χ4v) is 1.56. The van der Waals surface area contributed by atoms with Gasteiger partial charge in [-0.3, -0.25) is 4.79 Å². The van der Waals surface area contributed by atoms with Gasteiger partial charge >= 0.3 is 0 Å². The number of hydrogen-bond donors (Lipinski definition) is 1. The van der Waals surface area contributed by atoms with Crippen molar-refractivity contribution >= 4 is 11.6 Å². The van der Waals surface area contributed by atoms with Gasteiger partial charge in [-0.15, -0.1) is 0 Å². The summed E-state index contributed by atoms with van der Waals surface area (Å²) in [7, 11) is 1.50. The third kappa shape index (κ3) is 3.07. The number of halogens is 1. The highest BCUT2D eigenvalue weighted by atomic mass is 19.1. The van der Waals surface area contributed by atoms with Crippen molar-refractivity contribution in [3.05, 3.63) is 53.5 Å². The van der Waals surface area contributed by atoms with E-state index in [9.17, 15) is 9.18 Å². The van der Waals surface area contributed by atoms with Gasteiger partial charge in [0, 0.05) is 18.0 Å². The molecule has 0 aliphatic rings. The number of pyridine rings is 1. The Balaban J connectivity index is 2.18. The number of carbonyl (C=O) groups excluding carboxylic acids is 1. The molecule has 0 saturated heterocycles. The van der Waals surface area contributed by atoms with E-state index in [0.717, 1.165) is 5.56 Å². The highest BCUT2D eigenvalue weighted by Crippen LogP contribution is 2.17. The second kappa shape index (κ2) is 5.48. The van der Waals surface area contributed by atoms with Crippen LogP contribution in [-0.2, 0) is 0 Å². The van der Waals surface area contributed by atoms with Crippen molar-refractivity contribution in [3.8, 4) is 5.88 Å². The van der Waals surface area contributed by atoms with Crippen LogP contribution in [0.25, 0.3) is 0 Å². The Hall–Kier alpha value is -2.43. The average Bonchev–Trinajstić information content (AvgIpc) is 2.43. The largest absolute Gasteiger partial charge is 0.481 e. The molecule has 0 aliphatic heterocycles. The molecule has 0 spiro atoms. The maximum atomic E-state index is 13.1. The predicted octanol–water partition coefficient (Wildman–Crippen LogP) is 2.79. The molecular formula is C14H13FN2O2. The van der Waals surface area contributed by atoms with Gasteiger partial charge < -0.3 is 10.1 Å². The topological polar surface area (TPSA) is 51.2 Å². The van der Waals surface area contributed by atoms with E-state index < -0.39 is 5.82 Å². The third-order valence-corrected chi connectivity index (χ3v) is 2.66. The number of aromatic nitrogens is 1. The number of aryl methyl sites for hydroxylation is 1. The van der Waals surface area contributed by atoms with E-state index in [1.165, 1.54) is 25.4 Å². The number of nitrogens with one attached hydrogen (secondary N) is 1. The number of methoxy groups -OCH3 is 1. The second-order valence-electron chi connectivity index (χ2n) is 4.00. The van der Waals surface area contributed by atoms with E-state index in [2.05, 4.69) is 10.3 Å². The molecule has 0 atom stereocenters. The normalized spacial score (nSPS) is 10.1. The van der Waals surface area contributed by atoms with Crippen molar-refractivity contribution in [2.45, 2.75) is 6.92 Å². The van der Waals surface area contributed by atoms with Crippen molar-refractivity contribution < 1.29 is 13.9 Å². The number of hydrogen-bond acceptors (Lipinski definition) is 3. The van der Waals surface area contributed by atoms with Gasteiger partial charge in [-0.2, -0.15) is 0 Å². The molecule has 5 heteroatoms. The Bertz CT molecular complexity index is 597. The molecule has 0 radical (unpaired) electrons. The quantitative estimate of drug-likeness (QED) is 0.923. The van der Waals surface area contributed by atoms with Crippen molar-refractivity contribution in [1.29, 1.82) is 0 Å². The Kier molecular flexibility index (Phi) is 3.75. The Morgan fingerprint density at radius 2 is 2.11 bits per heavy atom. The fourth-order valence-electron chi connectivity index (χ4n) is 1.56. The summed E-state index contributed by atoms with van der Waals surface area (Å²) in [5.74, 6) is -0.309. The van der Waals surface area contributed by atoms with Gasteiger partial charge in [0.25, 0.3) is 5.91 Å². The number of nitrogens with zero attached hydrogens (tertiary/aromatic N) is 1. The van der Waals surface area contributed by atoms with Crippen LogP contribution in [0.2, 0.25) is 0 Å². The molecule has 2 rings (SSSR count). The first kappa shape index (κ1) is 13.0. The number of ether oxygens (including phenoxy) is 1. The maximum Gasteiger partial charge on any atom is 0.257 e. The Morgan fingerprint density at radius 1 is 1.32 bits per heavy atom. The molecule has 1 aromatic heterocycles. The van der Waals surface area contributed by atoms with Gasteiger partial charge in [-0.1, -0.05) is 6.07 Å². The molecule has 0 saturated carbocycles. The van der Waals surface area contributed by atoms with E-state index in [4.69, 9.17) is 4.74 Å². The molecule has 1 aromatic carbocycles. The van der Waals surface area contributed by atoms with Crippen molar-refractivity contribution in [2.24, 2.45) is 0 Å². The minimum atomic E-state index is -0.395. The summed E-state index contributed by atoms with van der Waals surface area (Å²) >= 11 is 0. The maximum absolute atomic E-state index is 13.1. The van der Waals surface area contributed by atoms with Crippen LogP contribution < -0.4 is 10.1 Å². The lowest BCUT2D eigenvalue weighted by atomic mass is 10.2. The van der Waals surface area contributed by atoms with Crippen LogP contribution in [0.5, 0.6) is 5.88 Å². The first-order chi connectivity index (χ1) is 9.10. The highest BCUT2D eigenvalue weighted by molar-refractivity contribution is 6.04. The van der Waals surface area contributed by atoms with Gasteiger partial charge in [0.05, 0.1) is 12.7 Å². The fraction of sp³-hybridized carbons (Fsp3) is 0.143. The zero-order valence-corrected chi connectivity index (χ0v) is 10.6. The smallest absolute Gasteiger partial charge is 0.257 e. The molecular weight excluding hydrogens is 247 g/mol. The lowest BCUT2D eigenvalue weighted by molar-refractivity contribution is 0.102. The zero-order valence-electron chi connectivity index (χ0n) is 10.6. The van der Waals surface area contributed by atoms with Gasteiger partial charge in [0.2, 0.25) is 5.88 Å². The summed E-state index contributed by atoms with van der Waals surface area (Å²) in [4.78, 5) is 15.9. The summed E-state index contributed by atoms with van der Waals surface area (Å²) in [6, 6.07) is 7.42. The SMILES string of the molecule is COc1ccc(C(=O)Nc2cc(F)ccc2C)cn1. The van der Waals surface area contributed by atoms with Crippen molar-refractivity contribution in [1.82, 2.24) is 4.98 Å². The predicted molar refractivity (Wildman–Crippen MR) is 69.9 cm³/mol. The zero-order chi connectivity index (χ0) is 13.8. The molecule has 0 unspecified atom stereocenters. The summed E-state index contributed by atoms with van der Waals surface area (Å²) in [5.41, 5.74) is 1.61. The number of amides is 1. The molecule has 19 heavy (non-hydrogen) atoms. The molecule has 2 aromatic rings. The molecule has 0 fully saturated rings. The summed E-state index contributed by atoms with van der Waals surface area (Å²) in [6.45, 7) is 1.79. The molecule has 0 bridgehead atoms. The van der Waals surface area contributed by atoms with Crippen LogP contribution in [0, 0.1) is 12.7 Å². The van der Waals surface area contributed by atoms with E-state index in [1.807, 2.05) is 0 Å². The van der Waals surface area contributed by atoms with Crippen LogP contribution in [0.1, 0.15) is 15.9 Å². The molecule has 98 valence electrons. The average molecular weight is 260 g/mol. The summed E-state index contributed by atoms with van der Waals surface area (Å²) in [6.07, 6.45) is 1.41. The first-order valence-electron chi connectivity index (χ1n) is 5.67. The van der Waals surface area contributed by atoms with E-state index >= 15 is 0 Å². The van der Waals surface area contributed by atoms with Crippen LogP contribution >= 0.6 is 0 Å². The Morgan fingerprint density at radius 3 is 2.74 bits per heavy atom. The number of anilines is 1. The van der Waals surface area contributed by atoms with Crippen LogP contribution in [0.15, 0.2) is 36.5 Å². The lowest BCUT2D eigenvalue weighted by Crippen LogP contribution is -2.13. The molecule has 1 N–H and O–H groups in total. The minimum absolute atomic E-state index is 0.344. The number of carbonyl (C=O) groups is 1. The van der Waals surface area contributed by atoms with Gasteiger partial charge in [-0.25, -0.2) is 9.37 Å².